The molecule has 1 unspecified atom stereocenters. The Morgan fingerprint density at radius 1 is 0.951 bits per heavy atom. The number of nitrogens with zero attached hydrogens (tertiary/aromatic N) is 3. The van der Waals surface area contributed by atoms with Crippen molar-refractivity contribution >= 4 is 34.2 Å². The van der Waals surface area contributed by atoms with Gasteiger partial charge in [0.1, 0.15) is 11.6 Å². The zero-order valence-electron chi connectivity index (χ0n) is 24.2. The monoisotopic (exact) mass is 557 g/mol. The fourth-order valence-corrected chi connectivity index (χ4v) is 7.61. The van der Waals surface area contributed by atoms with E-state index in [-0.39, 0.29) is 30.2 Å². The first-order valence-corrected chi connectivity index (χ1v) is 14.7. The van der Waals surface area contributed by atoms with E-state index in [4.69, 9.17) is 4.74 Å². The van der Waals surface area contributed by atoms with E-state index in [0.29, 0.717) is 25.9 Å². The van der Waals surface area contributed by atoms with Gasteiger partial charge in [-0.2, -0.15) is 0 Å². The summed E-state index contributed by atoms with van der Waals surface area (Å²) in [4.78, 5) is 48.2. The van der Waals surface area contributed by atoms with Crippen LogP contribution < -0.4 is 4.90 Å². The highest BCUT2D eigenvalue weighted by Crippen LogP contribution is 2.59. The van der Waals surface area contributed by atoms with Gasteiger partial charge in [0.2, 0.25) is 11.8 Å². The number of ether oxygens (including phenoxy) is 1. The maximum Gasteiger partial charge on any atom is 0.253 e. The summed E-state index contributed by atoms with van der Waals surface area (Å²) >= 11 is 0. The van der Waals surface area contributed by atoms with Crippen LogP contribution in [0.3, 0.4) is 0 Å². The number of anilines is 1. The molecule has 8 heteroatoms. The highest BCUT2D eigenvalue weighted by molar-refractivity contribution is 6.07. The number of likely N-dealkylation sites (tertiary alicyclic amines) is 1. The normalized spacial score (nSPS) is 31.9. The van der Waals surface area contributed by atoms with Crippen molar-refractivity contribution in [2.75, 3.05) is 31.6 Å². The second-order valence-electron chi connectivity index (χ2n) is 12.3. The highest BCUT2D eigenvalue weighted by atomic mass is 16.5. The lowest BCUT2D eigenvalue weighted by Gasteiger charge is -2.41. The van der Waals surface area contributed by atoms with Gasteiger partial charge < -0.3 is 24.5 Å². The van der Waals surface area contributed by atoms with Crippen LogP contribution in [0.15, 0.2) is 66.8 Å². The van der Waals surface area contributed by atoms with E-state index in [1.807, 2.05) is 87.5 Å². The Hall–Kier alpha value is -3.49. The van der Waals surface area contributed by atoms with Crippen LogP contribution in [0.2, 0.25) is 0 Å². The highest BCUT2D eigenvalue weighted by Gasteiger charge is 2.75. The second kappa shape index (κ2) is 10.1. The average Bonchev–Trinajstić information content (AvgIpc) is 3.27. The third-order valence-corrected chi connectivity index (χ3v) is 9.47. The first-order valence-electron chi connectivity index (χ1n) is 14.7. The van der Waals surface area contributed by atoms with Gasteiger partial charge in [0.05, 0.1) is 30.1 Å². The van der Waals surface area contributed by atoms with Gasteiger partial charge in [-0.15, -0.1) is 0 Å². The summed E-state index contributed by atoms with van der Waals surface area (Å²) < 4.78 is 7.01. The molecule has 6 rings (SSSR count). The van der Waals surface area contributed by atoms with Crippen molar-refractivity contribution in [3.8, 4) is 0 Å². The molecule has 0 radical (unpaired) electrons. The summed E-state index contributed by atoms with van der Waals surface area (Å²) in [6, 6.07) is 12.3. The fraction of sp³-hybridized carbons (Fsp3) is 0.485. The zero-order valence-corrected chi connectivity index (χ0v) is 24.2. The molecule has 0 aliphatic carbocycles. The van der Waals surface area contributed by atoms with Gasteiger partial charge >= 0.3 is 0 Å². The molecule has 1 N–H and O–H groups in total. The van der Waals surface area contributed by atoms with Gasteiger partial charge in [-0.3, -0.25) is 14.4 Å². The van der Waals surface area contributed by atoms with E-state index in [9.17, 15) is 19.5 Å². The van der Waals surface area contributed by atoms with Crippen molar-refractivity contribution in [1.29, 1.82) is 0 Å². The fourth-order valence-electron chi connectivity index (χ4n) is 7.61. The number of benzene rings is 2. The predicted molar refractivity (Wildman–Crippen MR) is 157 cm³/mol. The number of aliphatic hydroxyl groups excluding tert-OH is 1. The van der Waals surface area contributed by atoms with Crippen LogP contribution in [0.25, 0.3) is 10.8 Å². The Bertz CT molecular complexity index is 1450. The summed E-state index contributed by atoms with van der Waals surface area (Å²) in [5.41, 5.74) is -1.63. The van der Waals surface area contributed by atoms with E-state index in [1.165, 1.54) is 0 Å². The molecule has 4 aliphatic rings. The standard InChI is InChI=1S/C33H39N3O5/c1-5-32-14-8-16-34(4)29(38)26(32)27-30(39)36(25(20-37)18-21(2)3)28-31(40)35(17-9-15-33(27,28)41-32)24-13-12-22-10-6-7-11-23(22)19-24/h6-15,19,21,25-28,37H,5,16-18,20H2,1-4H3/t25-,26-,27+,28?,32+,33+/m1/s1. The summed E-state index contributed by atoms with van der Waals surface area (Å²) in [6.07, 6.45) is 8.64. The van der Waals surface area contributed by atoms with Crippen molar-refractivity contribution in [2.24, 2.45) is 17.8 Å². The predicted octanol–water partition coefficient (Wildman–Crippen LogP) is 3.54. The molecule has 3 amide bonds. The van der Waals surface area contributed by atoms with Gasteiger partial charge in [0.25, 0.3) is 5.91 Å². The van der Waals surface area contributed by atoms with Gasteiger partial charge in [-0.05, 0) is 41.7 Å². The maximum atomic E-state index is 14.8. The lowest BCUT2D eigenvalue weighted by molar-refractivity contribution is -0.152. The molecule has 2 aromatic carbocycles. The Morgan fingerprint density at radius 3 is 2.39 bits per heavy atom. The second-order valence-corrected chi connectivity index (χ2v) is 12.3. The molecule has 8 nitrogen and oxygen atoms in total. The number of fused-ring (bicyclic) bond motifs is 3. The van der Waals surface area contributed by atoms with E-state index in [0.717, 1.165) is 16.5 Å². The number of carbonyl (C=O) groups excluding carboxylic acids is 3. The molecule has 0 aromatic heterocycles. The van der Waals surface area contributed by atoms with Gasteiger partial charge in [-0.25, -0.2) is 0 Å². The van der Waals surface area contributed by atoms with Crippen LogP contribution in [-0.2, 0) is 19.1 Å². The largest absolute Gasteiger partial charge is 0.394 e. The number of likely N-dealkylation sites (N-methyl/N-ethyl adjacent to an activating group) is 1. The number of rotatable bonds is 6. The van der Waals surface area contributed by atoms with Crippen molar-refractivity contribution < 1.29 is 24.2 Å². The molecule has 2 aromatic rings. The first-order chi connectivity index (χ1) is 19.7. The quantitative estimate of drug-likeness (QED) is 0.549. The molecule has 1 spiro atoms. The van der Waals surface area contributed by atoms with Gasteiger partial charge in [-0.1, -0.05) is 75.4 Å². The van der Waals surface area contributed by atoms with Crippen molar-refractivity contribution in [3.63, 3.8) is 0 Å². The van der Waals surface area contributed by atoms with Crippen LogP contribution in [0.4, 0.5) is 5.69 Å². The molecule has 41 heavy (non-hydrogen) atoms. The molecule has 4 heterocycles. The zero-order chi connectivity index (χ0) is 29.1. The Kier molecular flexibility index (Phi) is 6.82. The molecule has 0 saturated carbocycles. The molecule has 2 fully saturated rings. The molecule has 2 saturated heterocycles. The molecular weight excluding hydrogens is 518 g/mol. The lowest BCUT2D eigenvalue weighted by Crippen LogP contribution is -2.59. The van der Waals surface area contributed by atoms with Crippen LogP contribution in [0.5, 0.6) is 0 Å². The molecule has 0 bridgehead atoms. The maximum absolute atomic E-state index is 14.8. The van der Waals surface area contributed by atoms with E-state index >= 15 is 0 Å². The minimum absolute atomic E-state index is 0.159. The van der Waals surface area contributed by atoms with Crippen LogP contribution in [0, 0.1) is 17.8 Å². The summed E-state index contributed by atoms with van der Waals surface area (Å²) in [5, 5.41) is 12.6. The van der Waals surface area contributed by atoms with E-state index in [2.05, 4.69) is 0 Å². The number of aliphatic hydroxyl groups is 1. The topological polar surface area (TPSA) is 90.4 Å². The SMILES string of the molecule is CC[C@]12C=CCN(C)C(=O)[C@H]1[C@H]1C(=O)N([C@@H](CO)CC(C)C)C3C(=O)N(c4ccc5ccccc5c4)CC=C[C@@]31O2. The summed E-state index contributed by atoms with van der Waals surface area (Å²) in [5.74, 6) is -2.22. The minimum atomic E-state index is -1.34. The number of hydrogen-bond donors (Lipinski definition) is 1. The van der Waals surface area contributed by atoms with Crippen LogP contribution >= 0.6 is 0 Å². The Labute approximate surface area is 241 Å². The van der Waals surface area contributed by atoms with E-state index < -0.39 is 35.1 Å². The smallest absolute Gasteiger partial charge is 0.253 e. The van der Waals surface area contributed by atoms with Gasteiger partial charge in [0.15, 0.2) is 0 Å². The Balaban J connectivity index is 1.52. The lowest BCUT2D eigenvalue weighted by atomic mass is 9.73. The van der Waals surface area contributed by atoms with Crippen LogP contribution in [0.1, 0.15) is 33.6 Å². The summed E-state index contributed by atoms with van der Waals surface area (Å²) in [6.45, 7) is 6.47. The number of amides is 3. The minimum Gasteiger partial charge on any atom is -0.394 e. The third kappa shape index (κ3) is 4.06. The summed E-state index contributed by atoms with van der Waals surface area (Å²) in [7, 11) is 1.74. The van der Waals surface area contributed by atoms with Crippen molar-refractivity contribution in [2.45, 2.75) is 56.9 Å². The average molecular weight is 558 g/mol. The van der Waals surface area contributed by atoms with E-state index in [1.54, 1.807) is 21.7 Å². The molecular formula is C33H39N3O5. The molecule has 6 atom stereocenters. The Morgan fingerprint density at radius 2 is 1.68 bits per heavy atom. The van der Waals surface area contributed by atoms with Crippen molar-refractivity contribution in [3.05, 3.63) is 66.8 Å². The van der Waals surface area contributed by atoms with Crippen molar-refractivity contribution in [1.82, 2.24) is 9.80 Å². The number of carbonyl (C=O) groups is 3. The van der Waals surface area contributed by atoms with Crippen LogP contribution in [-0.4, -0.2) is 82.7 Å². The first kappa shape index (κ1) is 27.7. The third-order valence-electron chi connectivity index (χ3n) is 9.47. The number of hydrogen-bond acceptors (Lipinski definition) is 5. The molecule has 216 valence electrons. The molecule has 4 aliphatic heterocycles. The van der Waals surface area contributed by atoms with Gasteiger partial charge in [0, 0.05) is 25.8 Å².